The number of benzene rings is 1. The standard InChI is InChI=1S/C15H12F6N2O/c16-14(17,18)7-23-3-1-2-8-4-11-9(5-12(8)23)10(15(19,20)21)6-13(24)22-11/h4-6H,1-3,7H2,(H,22,24). The van der Waals surface area contributed by atoms with Crippen molar-refractivity contribution in [3.63, 3.8) is 0 Å². The Bertz CT molecular complexity index is 837. The van der Waals surface area contributed by atoms with Crippen LogP contribution in [0.4, 0.5) is 32.0 Å². The maximum Gasteiger partial charge on any atom is 0.417 e. The molecule has 2 aromatic rings. The third kappa shape index (κ3) is 3.20. The van der Waals surface area contributed by atoms with Crippen molar-refractivity contribution in [2.45, 2.75) is 25.2 Å². The van der Waals surface area contributed by atoms with Crippen molar-refractivity contribution in [1.82, 2.24) is 4.98 Å². The number of hydrogen-bond donors (Lipinski definition) is 1. The summed E-state index contributed by atoms with van der Waals surface area (Å²) in [6.07, 6.45) is -8.33. The molecule has 1 N–H and O–H groups in total. The van der Waals surface area contributed by atoms with E-state index in [1.54, 1.807) is 0 Å². The maximum atomic E-state index is 13.2. The van der Waals surface area contributed by atoms with Gasteiger partial charge in [0.1, 0.15) is 6.54 Å². The predicted octanol–water partition coefficient (Wildman–Crippen LogP) is 3.86. The van der Waals surface area contributed by atoms with Crippen LogP contribution in [0.25, 0.3) is 10.9 Å². The first-order valence-corrected chi connectivity index (χ1v) is 7.13. The van der Waals surface area contributed by atoms with Crippen LogP contribution in [0, 0.1) is 0 Å². The minimum atomic E-state index is -4.77. The SMILES string of the molecule is O=c1cc(C(F)(F)F)c2cc3c(cc2[nH]1)CCCN3CC(F)(F)F. The Balaban J connectivity index is 2.22. The Hall–Kier alpha value is -2.19. The third-order valence-electron chi connectivity index (χ3n) is 3.93. The van der Waals surface area contributed by atoms with Crippen molar-refractivity contribution in [2.75, 3.05) is 18.0 Å². The summed E-state index contributed by atoms with van der Waals surface area (Å²) in [5.41, 5.74) is -1.46. The molecule has 0 amide bonds. The van der Waals surface area contributed by atoms with Gasteiger partial charge < -0.3 is 9.88 Å². The van der Waals surface area contributed by atoms with Gasteiger partial charge in [0, 0.05) is 29.2 Å². The molecule has 9 heteroatoms. The maximum absolute atomic E-state index is 13.2. The van der Waals surface area contributed by atoms with E-state index in [9.17, 15) is 31.1 Å². The molecule has 0 unspecified atom stereocenters. The van der Waals surface area contributed by atoms with E-state index in [1.165, 1.54) is 6.07 Å². The highest BCUT2D eigenvalue weighted by Gasteiger charge is 2.35. The van der Waals surface area contributed by atoms with Crippen LogP contribution in [-0.4, -0.2) is 24.2 Å². The van der Waals surface area contributed by atoms with E-state index in [0.29, 0.717) is 24.5 Å². The first-order valence-electron chi connectivity index (χ1n) is 7.13. The van der Waals surface area contributed by atoms with Gasteiger partial charge in [-0.3, -0.25) is 4.79 Å². The van der Waals surface area contributed by atoms with Gasteiger partial charge in [0.25, 0.3) is 0 Å². The van der Waals surface area contributed by atoms with Gasteiger partial charge in [-0.1, -0.05) is 0 Å². The van der Waals surface area contributed by atoms with Gasteiger partial charge in [0.05, 0.1) is 5.56 Å². The molecule has 3 rings (SSSR count). The summed E-state index contributed by atoms with van der Waals surface area (Å²) in [5, 5.41) is -0.310. The molecule has 1 aliphatic rings. The molecule has 24 heavy (non-hydrogen) atoms. The zero-order valence-corrected chi connectivity index (χ0v) is 12.2. The van der Waals surface area contributed by atoms with Gasteiger partial charge in [-0.15, -0.1) is 0 Å². The molecule has 130 valence electrons. The Morgan fingerprint density at radius 3 is 2.42 bits per heavy atom. The van der Waals surface area contributed by atoms with E-state index in [4.69, 9.17) is 0 Å². The number of aromatic amines is 1. The Morgan fingerprint density at radius 2 is 1.79 bits per heavy atom. The van der Waals surface area contributed by atoms with E-state index in [1.807, 2.05) is 0 Å². The van der Waals surface area contributed by atoms with Gasteiger partial charge in [0.15, 0.2) is 0 Å². The second-order valence-corrected chi connectivity index (χ2v) is 5.71. The number of anilines is 1. The van der Waals surface area contributed by atoms with Crippen LogP contribution in [0.2, 0.25) is 0 Å². The van der Waals surface area contributed by atoms with Crippen molar-refractivity contribution >= 4 is 16.6 Å². The average Bonchev–Trinajstić information content (AvgIpc) is 2.42. The van der Waals surface area contributed by atoms with E-state index < -0.39 is 30.0 Å². The van der Waals surface area contributed by atoms with Gasteiger partial charge >= 0.3 is 12.4 Å². The van der Waals surface area contributed by atoms with E-state index >= 15 is 0 Å². The number of rotatable bonds is 1. The summed E-state index contributed by atoms with van der Waals surface area (Å²) in [6, 6.07) is 2.85. The number of nitrogens with zero attached hydrogens (tertiary/aromatic N) is 1. The topological polar surface area (TPSA) is 36.1 Å². The minimum Gasteiger partial charge on any atom is -0.362 e. The molecule has 1 aromatic carbocycles. The molecular weight excluding hydrogens is 338 g/mol. The van der Waals surface area contributed by atoms with Crippen molar-refractivity contribution in [2.24, 2.45) is 0 Å². The molecule has 0 saturated heterocycles. The average molecular weight is 350 g/mol. The molecule has 0 saturated carbocycles. The number of aromatic nitrogens is 1. The molecule has 0 bridgehead atoms. The molecule has 1 aromatic heterocycles. The highest BCUT2D eigenvalue weighted by atomic mass is 19.4. The molecule has 0 atom stereocenters. The molecular formula is C15H12F6N2O. The first-order chi connectivity index (χ1) is 11.0. The van der Waals surface area contributed by atoms with Crippen LogP contribution < -0.4 is 10.5 Å². The summed E-state index contributed by atoms with van der Waals surface area (Å²) in [5.74, 6) is 0. The van der Waals surface area contributed by atoms with Crippen LogP contribution in [0.15, 0.2) is 23.0 Å². The number of halogens is 6. The number of H-pyrrole nitrogens is 1. The Kier molecular flexibility index (Phi) is 3.76. The first kappa shape index (κ1) is 16.7. The van der Waals surface area contributed by atoms with E-state index in [2.05, 4.69) is 4.98 Å². The highest BCUT2D eigenvalue weighted by molar-refractivity contribution is 5.88. The third-order valence-corrected chi connectivity index (χ3v) is 3.93. The van der Waals surface area contributed by atoms with Crippen LogP contribution in [0.5, 0.6) is 0 Å². The molecule has 3 nitrogen and oxygen atoms in total. The summed E-state index contributed by atoms with van der Waals surface area (Å²) < 4.78 is 77.6. The van der Waals surface area contributed by atoms with E-state index in [0.717, 1.165) is 11.0 Å². The number of pyridine rings is 1. The lowest BCUT2D eigenvalue weighted by molar-refractivity contribution is -0.136. The van der Waals surface area contributed by atoms with Crippen molar-refractivity contribution in [1.29, 1.82) is 0 Å². The molecule has 0 aliphatic carbocycles. The molecule has 0 radical (unpaired) electrons. The number of aryl methyl sites for hydroxylation is 1. The van der Waals surface area contributed by atoms with Crippen molar-refractivity contribution in [3.8, 4) is 0 Å². The number of hydrogen-bond acceptors (Lipinski definition) is 2. The smallest absolute Gasteiger partial charge is 0.362 e. The van der Waals surface area contributed by atoms with Crippen LogP contribution in [0.1, 0.15) is 17.5 Å². The summed E-state index contributed by atoms with van der Waals surface area (Å²) >= 11 is 0. The fraction of sp³-hybridized carbons (Fsp3) is 0.400. The quantitative estimate of drug-likeness (QED) is 0.793. The fourth-order valence-electron chi connectivity index (χ4n) is 3.03. The van der Waals surface area contributed by atoms with Crippen LogP contribution in [-0.2, 0) is 12.6 Å². The second kappa shape index (κ2) is 5.42. The zero-order chi connectivity index (χ0) is 17.7. The predicted molar refractivity (Wildman–Crippen MR) is 76.2 cm³/mol. The zero-order valence-electron chi connectivity index (χ0n) is 12.2. The van der Waals surface area contributed by atoms with Gasteiger partial charge in [-0.25, -0.2) is 0 Å². The Morgan fingerprint density at radius 1 is 1.08 bits per heavy atom. The van der Waals surface area contributed by atoms with Crippen LogP contribution >= 0.6 is 0 Å². The van der Waals surface area contributed by atoms with Crippen LogP contribution in [0.3, 0.4) is 0 Å². The van der Waals surface area contributed by atoms with Crippen molar-refractivity contribution in [3.05, 3.63) is 39.7 Å². The lowest BCUT2D eigenvalue weighted by Gasteiger charge is -2.32. The summed E-state index contributed by atoms with van der Waals surface area (Å²) in [7, 11) is 0. The second-order valence-electron chi connectivity index (χ2n) is 5.71. The summed E-state index contributed by atoms with van der Waals surface area (Å²) in [6.45, 7) is -1.11. The van der Waals surface area contributed by atoms with Gasteiger partial charge in [-0.05, 0) is 30.5 Å². The van der Waals surface area contributed by atoms with Crippen molar-refractivity contribution < 1.29 is 26.3 Å². The Labute approximate surface area is 131 Å². The largest absolute Gasteiger partial charge is 0.417 e. The number of alkyl halides is 6. The normalized spacial score (nSPS) is 15.7. The summed E-state index contributed by atoms with van der Waals surface area (Å²) in [4.78, 5) is 14.8. The van der Waals surface area contributed by atoms with E-state index in [-0.39, 0.29) is 23.1 Å². The minimum absolute atomic E-state index is 0.0255. The van der Waals surface area contributed by atoms with Gasteiger partial charge in [-0.2, -0.15) is 26.3 Å². The number of fused-ring (bicyclic) bond motifs is 2. The highest BCUT2D eigenvalue weighted by Crippen LogP contribution is 2.38. The molecule has 0 spiro atoms. The monoisotopic (exact) mass is 350 g/mol. The fourth-order valence-corrected chi connectivity index (χ4v) is 3.03. The molecule has 1 aliphatic heterocycles. The molecule has 2 heterocycles. The number of nitrogens with one attached hydrogen (secondary N) is 1. The lowest BCUT2D eigenvalue weighted by atomic mass is 9.97. The lowest BCUT2D eigenvalue weighted by Crippen LogP contribution is -2.37. The molecule has 0 fully saturated rings. The van der Waals surface area contributed by atoms with Gasteiger partial charge in [0.2, 0.25) is 5.56 Å².